The number of ether oxygens (including phenoxy) is 1. The zero-order chi connectivity index (χ0) is 14.5. The number of nitrogens with zero attached hydrogens (tertiary/aromatic N) is 1. The summed E-state index contributed by atoms with van der Waals surface area (Å²) in [5.41, 5.74) is 0.876. The van der Waals surface area contributed by atoms with E-state index in [2.05, 4.69) is 9.97 Å². The molecular weight excluding hydrogens is 280 g/mol. The van der Waals surface area contributed by atoms with Crippen LogP contribution in [0, 0.1) is 6.92 Å². The van der Waals surface area contributed by atoms with Gasteiger partial charge in [0.25, 0.3) is 5.56 Å². The Morgan fingerprint density at radius 2 is 2.05 bits per heavy atom. The molecule has 0 aliphatic heterocycles. The number of nitrogens with one attached hydrogen (secondary N) is 1. The Hall–Kier alpha value is -1.85. The SMILES string of the molecule is Cc1nc(COc2ccc(Cl)cc2)[nH]c(=O)c1CCO. The molecule has 0 spiro atoms. The molecule has 0 bridgehead atoms. The molecule has 0 saturated heterocycles. The molecule has 1 aromatic heterocycles. The Labute approximate surface area is 121 Å². The second kappa shape index (κ2) is 6.54. The summed E-state index contributed by atoms with van der Waals surface area (Å²) >= 11 is 5.78. The molecular formula is C14H15ClN2O3. The Morgan fingerprint density at radius 3 is 2.65 bits per heavy atom. The van der Waals surface area contributed by atoms with E-state index in [1.165, 1.54) is 0 Å². The van der Waals surface area contributed by atoms with Gasteiger partial charge in [-0.05, 0) is 31.2 Å². The highest BCUT2D eigenvalue weighted by molar-refractivity contribution is 6.30. The maximum Gasteiger partial charge on any atom is 0.254 e. The molecule has 0 amide bonds. The first kappa shape index (κ1) is 14.6. The fourth-order valence-corrected chi connectivity index (χ4v) is 1.95. The zero-order valence-electron chi connectivity index (χ0n) is 11.0. The van der Waals surface area contributed by atoms with Crippen molar-refractivity contribution in [2.45, 2.75) is 20.0 Å². The molecule has 0 aliphatic carbocycles. The van der Waals surface area contributed by atoms with Crippen molar-refractivity contribution in [1.82, 2.24) is 9.97 Å². The van der Waals surface area contributed by atoms with Crippen LogP contribution in [0.3, 0.4) is 0 Å². The molecule has 0 fully saturated rings. The van der Waals surface area contributed by atoms with Crippen molar-refractivity contribution < 1.29 is 9.84 Å². The average Bonchev–Trinajstić information content (AvgIpc) is 2.42. The van der Waals surface area contributed by atoms with Crippen molar-refractivity contribution in [3.05, 3.63) is 56.7 Å². The van der Waals surface area contributed by atoms with E-state index in [0.717, 1.165) is 0 Å². The summed E-state index contributed by atoms with van der Waals surface area (Å²) in [4.78, 5) is 18.7. The van der Waals surface area contributed by atoms with Gasteiger partial charge in [-0.15, -0.1) is 0 Å². The Morgan fingerprint density at radius 1 is 1.35 bits per heavy atom. The maximum absolute atomic E-state index is 11.8. The van der Waals surface area contributed by atoms with Gasteiger partial charge in [-0.1, -0.05) is 11.6 Å². The maximum atomic E-state index is 11.8. The molecule has 0 radical (unpaired) electrons. The van der Waals surface area contributed by atoms with Gasteiger partial charge in [-0.25, -0.2) is 4.98 Å². The van der Waals surface area contributed by atoms with E-state index < -0.39 is 0 Å². The topological polar surface area (TPSA) is 75.2 Å². The number of aliphatic hydroxyl groups excluding tert-OH is 1. The minimum atomic E-state index is -0.235. The molecule has 106 valence electrons. The predicted octanol–water partition coefficient (Wildman–Crippen LogP) is 1.85. The van der Waals surface area contributed by atoms with Crippen molar-refractivity contribution in [2.75, 3.05) is 6.61 Å². The van der Waals surface area contributed by atoms with E-state index >= 15 is 0 Å². The first-order chi connectivity index (χ1) is 9.60. The number of halogens is 1. The van der Waals surface area contributed by atoms with E-state index in [0.29, 0.717) is 34.3 Å². The lowest BCUT2D eigenvalue weighted by molar-refractivity contribution is 0.292. The van der Waals surface area contributed by atoms with Gasteiger partial charge in [0.15, 0.2) is 0 Å². The van der Waals surface area contributed by atoms with Crippen LogP contribution in [-0.2, 0) is 13.0 Å². The minimum absolute atomic E-state index is 0.0772. The van der Waals surface area contributed by atoms with Crippen LogP contribution >= 0.6 is 11.6 Å². The van der Waals surface area contributed by atoms with Crippen LogP contribution in [0.2, 0.25) is 5.02 Å². The molecule has 0 atom stereocenters. The highest BCUT2D eigenvalue weighted by atomic mass is 35.5. The molecule has 6 heteroatoms. The van der Waals surface area contributed by atoms with E-state index in [-0.39, 0.29) is 18.8 Å². The number of aromatic amines is 1. The number of aliphatic hydroxyl groups is 1. The van der Waals surface area contributed by atoms with Crippen LogP contribution in [0.4, 0.5) is 0 Å². The van der Waals surface area contributed by atoms with E-state index in [1.807, 2.05) is 0 Å². The molecule has 0 saturated carbocycles. The number of benzene rings is 1. The Bertz CT molecular complexity index is 638. The summed E-state index contributed by atoms with van der Waals surface area (Å²) < 4.78 is 5.52. The molecule has 2 rings (SSSR count). The minimum Gasteiger partial charge on any atom is -0.486 e. The van der Waals surface area contributed by atoms with E-state index in [1.54, 1.807) is 31.2 Å². The molecule has 2 aromatic rings. The summed E-state index contributed by atoms with van der Waals surface area (Å²) in [5, 5.41) is 9.53. The number of rotatable bonds is 5. The third-order valence-corrected chi connectivity index (χ3v) is 3.07. The summed E-state index contributed by atoms with van der Waals surface area (Å²) in [6, 6.07) is 6.94. The van der Waals surface area contributed by atoms with Gasteiger partial charge >= 0.3 is 0 Å². The number of hydrogen-bond donors (Lipinski definition) is 2. The summed E-state index contributed by atoms with van der Waals surface area (Å²) in [6.45, 7) is 1.83. The molecule has 5 nitrogen and oxygen atoms in total. The summed E-state index contributed by atoms with van der Waals surface area (Å²) in [6.07, 6.45) is 0.298. The van der Waals surface area contributed by atoms with Crippen molar-refractivity contribution >= 4 is 11.6 Å². The van der Waals surface area contributed by atoms with Crippen LogP contribution in [0.5, 0.6) is 5.75 Å². The molecule has 0 unspecified atom stereocenters. The first-order valence-corrected chi connectivity index (χ1v) is 6.56. The van der Waals surface area contributed by atoms with Gasteiger partial charge in [0, 0.05) is 29.3 Å². The van der Waals surface area contributed by atoms with Crippen molar-refractivity contribution in [3.8, 4) is 5.75 Å². The molecule has 2 N–H and O–H groups in total. The van der Waals surface area contributed by atoms with Crippen LogP contribution in [0.1, 0.15) is 17.1 Å². The van der Waals surface area contributed by atoms with E-state index in [9.17, 15) is 4.79 Å². The number of H-pyrrole nitrogens is 1. The van der Waals surface area contributed by atoms with Gasteiger partial charge in [0.05, 0.1) is 0 Å². The third-order valence-electron chi connectivity index (χ3n) is 2.82. The molecule has 1 heterocycles. The molecule has 20 heavy (non-hydrogen) atoms. The second-order valence-electron chi connectivity index (χ2n) is 4.29. The first-order valence-electron chi connectivity index (χ1n) is 6.18. The third kappa shape index (κ3) is 3.59. The van der Waals surface area contributed by atoms with Crippen LogP contribution in [-0.4, -0.2) is 21.7 Å². The number of aromatic nitrogens is 2. The molecule has 1 aromatic carbocycles. The zero-order valence-corrected chi connectivity index (χ0v) is 11.8. The predicted molar refractivity (Wildman–Crippen MR) is 76.2 cm³/mol. The second-order valence-corrected chi connectivity index (χ2v) is 4.73. The lowest BCUT2D eigenvalue weighted by atomic mass is 10.2. The van der Waals surface area contributed by atoms with Gasteiger partial charge in [-0.3, -0.25) is 4.79 Å². The smallest absolute Gasteiger partial charge is 0.254 e. The van der Waals surface area contributed by atoms with E-state index in [4.69, 9.17) is 21.4 Å². The standard InChI is InChI=1S/C14H15ClN2O3/c1-9-12(6-7-18)14(19)17-13(16-9)8-20-11-4-2-10(15)3-5-11/h2-5,18H,6-8H2,1H3,(H,16,17,19). The summed E-state index contributed by atoms with van der Waals surface area (Å²) in [5.74, 6) is 1.10. The van der Waals surface area contributed by atoms with Gasteiger partial charge < -0.3 is 14.8 Å². The van der Waals surface area contributed by atoms with Gasteiger partial charge in [-0.2, -0.15) is 0 Å². The van der Waals surface area contributed by atoms with Crippen LogP contribution in [0.15, 0.2) is 29.1 Å². The molecule has 0 aliphatic rings. The lowest BCUT2D eigenvalue weighted by Crippen LogP contribution is -2.20. The average molecular weight is 295 g/mol. The van der Waals surface area contributed by atoms with Crippen molar-refractivity contribution in [1.29, 1.82) is 0 Å². The monoisotopic (exact) mass is 294 g/mol. The fourth-order valence-electron chi connectivity index (χ4n) is 1.83. The number of hydrogen-bond acceptors (Lipinski definition) is 4. The highest BCUT2D eigenvalue weighted by Gasteiger charge is 2.08. The Kier molecular flexibility index (Phi) is 4.76. The fraction of sp³-hybridized carbons (Fsp3) is 0.286. The van der Waals surface area contributed by atoms with Gasteiger partial charge in [0.2, 0.25) is 0 Å². The van der Waals surface area contributed by atoms with Crippen molar-refractivity contribution in [2.24, 2.45) is 0 Å². The van der Waals surface area contributed by atoms with Crippen LogP contribution < -0.4 is 10.3 Å². The van der Waals surface area contributed by atoms with Gasteiger partial charge in [0.1, 0.15) is 18.2 Å². The van der Waals surface area contributed by atoms with Crippen molar-refractivity contribution in [3.63, 3.8) is 0 Å². The highest BCUT2D eigenvalue weighted by Crippen LogP contribution is 2.16. The van der Waals surface area contributed by atoms with Crippen LogP contribution in [0.25, 0.3) is 0 Å². The normalized spacial score (nSPS) is 10.6. The summed E-state index contributed by atoms with van der Waals surface area (Å²) in [7, 11) is 0. The lowest BCUT2D eigenvalue weighted by Gasteiger charge is -2.08. The largest absolute Gasteiger partial charge is 0.486 e. The quantitative estimate of drug-likeness (QED) is 0.882. The Balaban J connectivity index is 2.10. The number of aryl methyl sites for hydroxylation is 1.